The SMILES string of the molecule is CCC(C)(C)CC(C)(C)C(=O)NC(C)(C)CCO. The van der Waals surface area contributed by atoms with Gasteiger partial charge in [-0.25, -0.2) is 0 Å². The van der Waals surface area contributed by atoms with Crippen molar-refractivity contribution in [3.63, 3.8) is 0 Å². The predicted molar refractivity (Wildman–Crippen MR) is 76.4 cm³/mol. The van der Waals surface area contributed by atoms with E-state index in [2.05, 4.69) is 26.1 Å². The number of aliphatic hydroxyl groups excluding tert-OH is 1. The fourth-order valence-corrected chi connectivity index (χ4v) is 2.22. The molecule has 0 atom stereocenters. The Hall–Kier alpha value is -0.570. The van der Waals surface area contributed by atoms with E-state index in [1.807, 2.05) is 27.7 Å². The van der Waals surface area contributed by atoms with Gasteiger partial charge in [0.25, 0.3) is 0 Å². The Kier molecular flexibility index (Phi) is 5.86. The van der Waals surface area contributed by atoms with Crippen LogP contribution in [0.1, 0.15) is 67.7 Å². The molecule has 2 N–H and O–H groups in total. The van der Waals surface area contributed by atoms with Crippen LogP contribution in [0.3, 0.4) is 0 Å². The summed E-state index contributed by atoms with van der Waals surface area (Å²) >= 11 is 0. The maximum atomic E-state index is 12.4. The van der Waals surface area contributed by atoms with Gasteiger partial charge in [-0.15, -0.1) is 0 Å². The molecule has 18 heavy (non-hydrogen) atoms. The van der Waals surface area contributed by atoms with E-state index in [4.69, 9.17) is 5.11 Å². The van der Waals surface area contributed by atoms with E-state index in [0.717, 1.165) is 12.8 Å². The maximum Gasteiger partial charge on any atom is 0.226 e. The molecule has 0 saturated heterocycles. The van der Waals surface area contributed by atoms with Gasteiger partial charge in [0, 0.05) is 17.6 Å². The number of aliphatic hydroxyl groups is 1. The molecule has 0 aliphatic heterocycles. The summed E-state index contributed by atoms with van der Waals surface area (Å²) in [4.78, 5) is 12.4. The van der Waals surface area contributed by atoms with Gasteiger partial charge >= 0.3 is 0 Å². The summed E-state index contributed by atoms with van der Waals surface area (Å²) in [6.07, 6.45) is 2.49. The third-order valence-electron chi connectivity index (χ3n) is 3.68. The molecule has 0 spiro atoms. The Balaban J connectivity index is 4.67. The molecule has 0 aromatic rings. The largest absolute Gasteiger partial charge is 0.396 e. The van der Waals surface area contributed by atoms with E-state index < -0.39 is 0 Å². The smallest absolute Gasteiger partial charge is 0.226 e. The molecular formula is C15H31NO2. The monoisotopic (exact) mass is 257 g/mol. The summed E-state index contributed by atoms with van der Waals surface area (Å²) < 4.78 is 0. The van der Waals surface area contributed by atoms with Crippen LogP contribution in [0.25, 0.3) is 0 Å². The number of carbonyl (C=O) groups is 1. The standard InChI is InChI=1S/C15H31NO2/c1-8-13(2,3)11-14(4,5)12(18)16-15(6,7)9-10-17/h17H,8-11H2,1-7H3,(H,16,18). The zero-order valence-corrected chi connectivity index (χ0v) is 13.2. The summed E-state index contributed by atoms with van der Waals surface area (Å²) in [7, 11) is 0. The van der Waals surface area contributed by atoms with E-state index in [1.54, 1.807) is 0 Å². The number of carbonyl (C=O) groups excluding carboxylic acids is 1. The van der Waals surface area contributed by atoms with E-state index in [1.165, 1.54) is 0 Å². The first-order valence-corrected chi connectivity index (χ1v) is 6.89. The molecule has 0 saturated carbocycles. The Bertz CT molecular complexity index is 280. The molecule has 0 aliphatic rings. The molecule has 3 heteroatoms. The minimum atomic E-state index is -0.383. The predicted octanol–water partition coefficient (Wildman–Crippen LogP) is 3.12. The molecule has 0 rings (SSSR count). The van der Waals surface area contributed by atoms with Crippen LogP contribution in [0.2, 0.25) is 0 Å². The Labute approximate surface area is 112 Å². The highest BCUT2D eigenvalue weighted by Crippen LogP contribution is 2.36. The lowest BCUT2D eigenvalue weighted by molar-refractivity contribution is -0.132. The lowest BCUT2D eigenvalue weighted by atomic mass is 9.73. The van der Waals surface area contributed by atoms with Crippen LogP contribution < -0.4 is 5.32 Å². The number of amides is 1. The summed E-state index contributed by atoms with van der Waals surface area (Å²) in [6, 6.07) is 0. The van der Waals surface area contributed by atoms with Crippen LogP contribution in [-0.2, 0) is 4.79 Å². The molecule has 0 aromatic heterocycles. The number of rotatable bonds is 7. The van der Waals surface area contributed by atoms with Gasteiger partial charge in [-0.3, -0.25) is 4.79 Å². The number of hydrogen-bond acceptors (Lipinski definition) is 2. The molecule has 0 aromatic carbocycles. The van der Waals surface area contributed by atoms with Gasteiger partial charge in [-0.1, -0.05) is 41.0 Å². The van der Waals surface area contributed by atoms with Crippen molar-refractivity contribution >= 4 is 5.91 Å². The van der Waals surface area contributed by atoms with Crippen LogP contribution >= 0.6 is 0 Å². The van der Waals surface area contributed by atoms with Gasteiger partial charge in [0.2, 0.25) is 5.91 Å². The van der Waals surface area contributed by atoms with Crippen molar-refractivity contribution in [3.05, 3.63) is 0 Å². The highest BCUT2D eigenvalue weighted by atomic mass is 16.3. The Morgan fingerprint density at radius 2 is 1.61 bits per heavy atom. The van der Waals surface area contributed by atoms with Crippen molar-refractivity contribution in [2.45, 2.75) is 73.3 Å². The normalized spacial score (nSPS) is 13.6. The fraction of sp³-hybridized carbons (Fsp3) is 0.933. The Morgan fingerprint density at radius 1 is 1.11 bits per heavy atom. The molecule has 108 valence electrons. The zero-order valence-electron chi connectivity index (χ0n) is 13.2. The van der Waals surface area contributed by atoms with Crippen molar-refractivity contribution < 1.29 is 9.90 Å². The van der Waals surface area contributed by atoms with Crippen LogP contribution in [0.5, 0.6) is 0 Å². The molecule has 0 bridgehead atoms. The average molecular weight is 257 g/mol. The maximum absolute atomic E-state index is 12.4. The molecule has 0 fully saturated rings. The highest BCUT2D eigenvalue weighted by molar-refractivity contribution is 5.82. The van der Waals surface area contributed by atoms with E-state index >= 15 is 0 Å². The second-order valence-electron chi connectivity index (χ2n) is 7.39. The quantitative estimate of drug-likeness (QED) is 0.736. The van der Waals surface area contributed by atoms with Gasteiger partial charge in [-0.05, 0) is 32.1 Å². The van der Waals surface area contributed by atoms with Gasteiger partial charge in [0.15, 0.2) is 0 Å². The van der Waals surface area contributed by atoms with Gasteiger partial charge in [0.1, 0.15) is 0 Å². The topological polar surface area (TPSA) is 49.3 Å². The molecule has 0 aliphatic carbocycles. The minimum absolute atomic E-state index is 0.0717. The fourth-order valence-electron chi connectivity index (χ4n) is 2.22. The molecular weight excluding hydrogens is 226 g/mol. The average Bonchev–Trinajstić information content (AvgIpc) is 2.15. The molecule has 1 amide bonds. The third-order valence-corrected chi connectivity index (χ3v) is 3.68. The lowest BCUT2D eigenvalue weighted by Gasteiger charge is -2.36. The number of hydrogen-bond donors (Lipinski definition) is 2. The van der Waals surface area contributed by atoms with Crippen LogP contribution in [0.15, 0.2) is 0 Å². The molecule has 0 unspecified atom stereocenters. The third kappa shape index (κ3) is 5.85. The molecule has 0 radical (unpaired) electrons. The van der Waals surface area contributed by atoms with Crippen LogP contribution in [0, 0.1) is 10.8 Å². The van der Waals surface area contributed by atoms with Gasteiger partial charge in [-0.2, -0.15) is 0 Å². The Morgan fingerprint density at radius 3 is 2.00 bits per heavy atom. The second kappa shape index (κ2) is 6.05. The van der Waals surface area contributed by atoms with Crippen molar-refractivity contribution in [2.24, 2.45) is 10.8 Å². The summed E-state index contributed by atoms with van der Waals surface area (Å²) in [5.74, 6) is 0.0717. The van der Waals surface area contributed by atoms with Crippen molar-refractivity contribution in [3.8, 4) is 0 Å². The van der Waals surface area contributed by atoms with Gasteiger partial charge < -0.3 is 10.4 Å². The minimum Gasteiger partial charge on any atom is -0.396 e. The van der Waals surface area contributed by atoms with E-state index in [9.17, 15) is 4.79 Å². The number of nitrogens with one attached hydrogen (secondary N) is 1. The molecule has 0 heterocycles. The van der Waals surface area contributed by atoms with Crippen molar-refractivity contribution in [2.75, 3.05) is 6.61 Å². The zero-order chi connectivity index (χ0) is 14.6. The molecule has 3 nitrogen and oxygen atoms in total. The first kappa shape index (κ1) is 17.4. The first-order chi connectivity index (χ1) is 7.96. The lowest BCUT2D eigenvalue weighted by Crippen LogP contribution is -2.50. The van der Waals surface area contributed by atoms with E-state index in [0.29, 0.717) is 6.42 Å². The summed E-state index contributed by atoms with van der Waals surface area (Å²) in [5, 5.41) is 12.0. The summed E-state index contributed by atoms with van der Waals surface area (Å²) in [5.41, 5.74) is -0.562. The van der Waals surface area contributed by atoms with E-state index in [-0.39, 0.29) is 28.9 Å². The van der Waals surface area contributed by atoms with Gasteiger partial charge in [0.05, 0.1) is 0 Å². The van der Waals surface area contributed by atoms with Crippen molar-refractivity contribution in [1.82, 2.24) is 5.32 Å². The second-order valence-corrected chi connectivity index (χ2v) is 7.39. The highest BCUT2D eigenvalue weighted by Gasteiger charge is 2.36. The summed E-state index contributed by atoms with van der Waals surface area (Å²) in [6.45, 7) is 14.5. The first-order valence-electron chi connectivity index (χ1n) is 6.89. The van der Waals surface area contributed by atoms with Crippen LogP contribution in [0.4, 0.5) is 0 Å². The van der Waals surface area contributed by atoms with Crippen LogP contribution in [-0.4, -0.2) is 23.2 Å². The van der Waals surface area contributed by atoms with Crippen molar-refractivity contribution in [1.29, 1.82) is 0 Å².